The van der Waals surface area contributed by atoms with Crippen molar-refractivity contribution < 1.29 is 27.2 Å². The molecule has 0 saturated heterocycles. The van der Waals surface area contributed by atoms with Crippen LogP contribution in [0.4, 0.5) is 0 Å². The maximum absolute atomic E-state index is 12.4. The highest BCUT2D eigenvalue weighted by atomic mass is 32.2. The summed E-state index contributed by atoms with van der Waals surface area (Å²) >= 11 is 0. The highest BCUT2D eigenvalue weighted by Gasteiger charge is 2.50. The van der Waals surface area contributed by atoms with Crippen LogP contribution in [0.1, 0.15) is 26.2 Å². The molecule has 3 atom stereocenters. The van der Waals surface area contributed by atoms with E-state index in [1.165, 1.54) is 19.2 Å². The Kier molecular flexibility index (Phi) is 4.89. The third kappa shape index (κ3) is 3.48. The molecule has 1 aliphatic rings. The first-order chi connectivity index (χ1) is 10.3. The number of rotatable bonds is 4. The topological polar surface area (TPSA) is 89.9 Å². The van der Waals surface area contributed by atoms with Crippen LogP contribution >= 0.6 is 0 Å². The fraction of sp³-hybridized carbons (Fsp3) is 0.533. The van der Waals surface area contributed by atoms with Crippen LogP contribution in [0.2, 0.25) is 0 Å². The molecule has 2 rings (SSSR count). The summed E-state index contributed by atoms with van der Waals surface area (Å²) in [6, 6.07) is 7.60. The number of aliphatic hydroxyl groups is 1. The number of carbonyl (C=O) groups is 1. The maximum atomic E-state index is 12.4. The van der Waals surface area contributed by atoms with Gasteiger partial charge in [0.05, 0.1) is 18.1 Å². The number of carbonyl (C=O) groups excluding carboxylic acids is 1. The van der Waals surface area contributed by atoms with E-state index in [9.17, 15) is 18.3 Å². The van der Waals surface area contributed by atoms with Crippen molar-refractivity contribution in [2.45, 2.75) is 42.8 Å². The average Bonchev–Trinajstić information content (AvgIpc) is 2.45. The van der Waals surface area contributed by atoms with E-state index in [2.05, 4.69) is 0 Å². The molecule has 0 amide bonds. The molecular weight excluding hydrogens is 308 g/mol. The molecule has 0 aromatic heterocycles. The zero-order valence-electron chi connectivity index (χ0n) is 12.6. The highest BCUT2D eigenvalue weighted by molar-refractivity contribution is 7.86. The summed E-state index contributed by atoms with van der Waals surface area (Å²) in [6.07, 6.45) is -0.236. The highest BCUT2D eigenvalue weighted by Crippen LogP contribution is 2.38. The summed E-state index contributed by atoms with van der Waals surface area (Å²) in [5.74, 6) is -0.841. The monoisotopic (exact) mass is 328 g/mol. The zero-order chi connectivity index (χ0) is 16.4. The lowest BCUT2D eigenvalue weighted by Gasteiger charge is -2.38. The van der Waals surface area contributed by atoms with Crippen molar-refractivity contribution in [2.24, 2.45) is 5.92 Å². The number of ether oxygens (including phenoxy) is 1. The molecule has 0 bridgehead atoms. The van der Waals surface area contributed by atoms with Crippen LogP contribution in [0, 0.1) is 5.92 Å². The van der Waals surface area contributed by atoms with Crippen molar-refractivity contribution in [1.29, 1.82) is 0 Å². The molecule has 1 saturated carbocycles. The Balaban J connectivity index is 2.37. The summed E-state index contributed by atoms with van der Waals surface area (Å²) in [4.78, 5) is 12.1. The number of aliphatic hydroxyl groups excluding tert-OH is 1. The molecule has 0 unspecified atom stereocenters. The van der Waals surface area contributed by atoms with Gasteiger partial charge in [0.1, 0.15) is 0 Å². The van der Waals surface area contributed by atoms with E-state index in [1.54, 1.807) is 18.2 Å². The Morgan fingerprint density at radius 2 is 1.91 bits per heavy atom. The van der Waals surface area contributed by atoms with Gasteiger partial charge in [-0.05, 0) is 30.9 Å². The molecule has 0 spiro atoms. The van der Waals surface area contributed by atoms with Gasteiger partial charge in [-0.2, -0.15) is 8.42 Å². The van der Waals surface area contributed by atoms with Gasteiger partial charge in [0, 0.05) is 6.42 Å². The third-order valence-electron chi connectivity index (χ3n) is 3.78. The van der Waals surface area contributed by atoms with Crippen molar-refractivity contribution in [1.82, 2.24) is 0 Å². The lowest BCUT2D eigenvalue weighted by Crippen LogP contribution is -2.51. The Hall–Kier alpha value is -1.44. The second kappa shape index (κ2) is 6.36. The largest absolute Gasteiger partial charge is 0.467 e. The SMILES string of the molecule is COC(=O)[C@@]1(OS(=O)(=O)c2ccccc2)C[C@H](C)C[C@@H](O)C1. The Bertz CT molecular complexity index is 615. The zero-order valence-corrected chi connectivity index (χ0v) is 13.4. The van der Waals surface area contributed by atoms with Gasteiger partial charge in [-0.25, -0.2) is 8.98 Å². The number of esters is 1. The average molecular weight is 328 g/mol. The van der Waals surface area contributed by atoms with E-state index < -0.39 is 27.8 Å². The Morgan fingerprint density at radius 1 is 1.27 bits per heavy atom. The van der Waals surface area contributed by atoms with Crippen LogP contribution in [0.25, 0.3) is 0 Å². The molecule has 6 nitrogen and oxygen atoms in total. The van der Waals surface area contributed by atoms with Gasteiger partial charge in [0.15, 0.2) is 5.60 Å². The number of benzene rings is 1. The number of methoxy groups -OCH3 is 1. The quantitative estimate of drug-likeness (QED) is 0.665. The van der Waals surface area contributed by atoms with E-state index in [4.69, 9.17) is 8.92 Å². The predicted molar refractivity (Wildman–Crippen MR) is 78.5 cm³/mol. The molecule has 22 heavy (non-hydrogen) atoms. The predicted octanol–water partition coefficient (Wildman–Crippen LogP) is 1.48. The maximum Gasteiger partial charge on any atom is 0.339 e. The molecule has 1 N–H and O–H groups in total. The molecule has 0 radical (unpaired) electrons. The number of hydrogen-bond acceptors (Lipinski definition) is 6. The van der Waals surface area contributed by atoms with Crippen LogP contribution in [0.15, 0.2) is 35.2 Å². The van der Waals surface area contributed by atoms with Gasteiger partial charge in [-0.1, -0.05) is 25.1 Å². The van der Waals surface area contributed by atoms with Crippen LogP contribution in [-0.4, -0.2) is 38.3 Å². The third-order valence-corrected chi connectivity index (χ3v) is 5.16. The van der Waals surface area contributed by atoms with Crippen molar-refractivity contribution in [3.8, 4) is 0 Å². The minimum absolute atomic E-state index is 0.0361. The van der Waals surface area contributed by atoms with Crippen LogP contribution < -0.4 is 0 Å². The van der Waals surface area contributed by atoms with Gasteiger partial charge in [0.25, 0.3) is 10.1 Å². The first-order valence-electron chi connectivity index (χ1n) is 7.06. The molecular formula is C15H20O6S. The normalized spacial score (nSPS) is 29.0. The summed E-state index contributed by atoms with van der Waals surface area (Å²) in [6.45, 7) is 1.83. The minimum atomic E-state index is -4.13. The molecule has 1 aliphatic carbocycles. The van der Waals surface area contributed by atoms with E-state index in [-0.39, 0.29) is 23.7 Å². The molecule has 1 aromatic carbocycles. The van der Waals surface area contributed by atoms with Gasteiger partial charge in [-0.15, -0.1) is 0 Å². The summed E-state index contributed by atoms with van der Waals surface area (Å²) < 4.78 is 34.9. The van der Waals surface area contributed by atoms with Crippen LogP contribution in [0.3, 0.4) is 0 Å². The smallest absolute Gasteiger partial charge is 0.339 e. The van der Waals surface area contributed by atoms with Crippen LogP contribution in [0.5, 0.6) is 0 Å². The van der Waals surface area contributed by atoms with Crippen molar-refractivity contribution in [2.75, 3.05) is 7.11 Å². The molecule has 122 valence electrons. The molecule has 1 fully saturated rings. The van der Waals surface area contributed by atoms with Crippen molar-refractivity contribution >= 4 is 16.1 Å². The second-order valence-corrected chi connectivity index (χ2v) is 7.29. The second-order valence-electron chi connectivity index (χ2n) is 5.74. The van der Waals surface area contributed by atoms with E-state index in [0.29, 0.717) is 6.42 Å². The van der Waals surface area contributed by atoms with Gasteiger partial charge in [0.2, 0.25) is 0 Å². The van der Waals surface area contributed by atoms with Gasteiger partial charge >= 0.3 is 5.97 Å². The molecule has 0 aliphatic heterocycles. The Morgan fingerprint density at radius 3 is 2.45 bits per heavy atom. The van der Waals surface area contributed by atoms with E-state index in [0.717, 1.165) is 0 Å². The Labute approximate surface area is 130 Å². The van der Waals surface area contributed by atoms with Crippen LogP contribution in [-0.2, 0) is 23.8 Å². The summed E-state index contributed by atoms with van der Waals surface area (Å²) in [5, 5.41) is 9.94. The van der Waals surface area contributed by atoms with Gasteiger partial charge in [-0.3, -0.25) is 0 Å². The number of hydrogen-bond donors (Lipinski definition) is 1. The minimum Gasteiger partial charge on any atom is -0.467 e. The first-order valence-corrected chi connectivity index (χ1v) is 8.47. The fourth-order valence-electron chi connectivity index (χ4n) is 2.96. The first kappa shape index (κ1) is 16.9. The summed E-state index contributed by atoms with van der Waals surface area (Å²) in [7, 11) is -2.96. The molecule has 7 heteroatoms. The molecule has 1 aromatic rings. The standard InChI is InChI=1S/C15H20O6S/c1-11-8-12(16)10-15(9-11,14(17)20-2)21-22(18,19)13-6-4-3-5-7-13/h3-7,11-12,16H,8-10H2,1-2H3/t11-,12-,15-/m1/s1. The van der Waals surface area contributed by atoms with Gasteiger partial charge < -0.3 is 9.84 Å². The molecule has 0 heterocycles. The van der Waals surface area contributed by atoms with Crippen molar-refractivity contribution in [3.05, 3.63) is 30.3 Å². The van der Waals surface area contributed by atoms with Crippen molar-refractivity contribution in [3.63, 3.8) is 0 Å². The fourth-order valence-corrected chi connectivity index (χ4v) is 4.17. The van der Waals surface area contributed by atoms with E-state index >= 15 is 0 Å². The van der Waals surface area contributed by atoms with E-state index in [1.807, 2.05) is 6.92 Å². The lowest BCUT2D eigenvalue weighted by molar-refractivity contribution is -0.167. The summed E-state index contributed by atoms with van der Waals surface area (Å²) in [5.41, 5.74) is -1.68. The lowest BCUT2D eigenvalue weighted by atomic mass is 9.77.